The molecule has 2 aliphatic heterocycles. The number of carbonyl (C=O) groups excluding carboxylic acids is 11. The molecule has 3 aliphatic rings. The largest absolute Gasteiger partial charge is 0.422 e. The van der Waals surface area contributed by atoms with E-state index in [-0.39, 0.29) is 99.6 Å². The Labute approximate surface area is 598 Å². The maximum Gasteiger partial charge on any atom is 0.422 e. The summed E-state index contributed by atoms with van der Waals surface area (Å²) in [5.74, 6) is -12.4. The third kappa shape index (κ3) is 21.8. The minimum atomic E-state index is -5.42. The fourth-order valence-corrected chi connectivity index (χ4v) is 13.5. The molecule has 3 fully saturated rings. The first kappa shape index (κ1) is 85.7. The molecule has 1 saturated carbocycles. The molecule has 5 N–H and O–H groups in total. The van der Waals surface area contributed by atoms with Crippen LogP contribution < -0.4 is 26.6 Å². The number of carbonyl (C=O) groups is 11. The third-order valence-corrected chi connectivity index (χ3v) is 20.6. The first-order valence-electron chi connectivity index (χ1n) is 35.6. The number of nitrogens with zero attached hydrogens (tertiary/aromatic N) is 6. The number of likely N-dealkylation sites (tertiary alicyclic amines) is 2. The van der Waals surface area contributed by atoms with Gasteiger partial charge in [0, 0.05) is 85.7 Å². The summed E-state index contributed by atoms with van der Waals surface area (Å²) in [6.45, 7) is 18.0. The lowest BCUT2D eigenvalue weighted by molar-refractivity contribution is -0.158. The molecule has 1 unspecified atom stereocenters. The second kappa shape index (κ2) is 37.1. The first-order chi connectivity index (χ1) is 48.1. The summed E-state index contributed by atoms with van der Waals surface area (Å²) in [6, 6.07) is -5.54. The molecule has 12 atom stereocenters. The van der Waals surface area contributed by atoms with E-state index in [1.54, 1.807) is 34.7 Å². The van der Waals surface area contributed by atoms with Crippen LogP contribution in [0.2, 0.25) is 0 Å². The predicted octanol–water partition coefficient (Wildman–Crippen LogP) is 6.95. The average molecular weight is 1470 g/mol. The zero-order chi connectivity index (χ0) is 77.5. The Kier molecular flexibility index (Phi) is 30.9. The highest BCUT2D eigenvalue weighted by atomic mass is 19.4. The summed E-state index contributed by atoms with van der Waals surface area (Å²) in [6.07, 6.45) is -9.59. The number of rotatable bonds is 34. The molecule has 1 aliphatic carbocycles. The van der Waals surface area contributed by atoms with Gasteiger partial charge in [0.05, 0.1) is 18.2 Å². The quantitative estimate of drug-likeness (QED) is 0.0446. The van der Waals surface area contributed by atoms with E-state index >= 15 is 4.79 Å². The highest BCUT2D eigenvalue weighted by Crippen LogP contribution is 2.36. The molecule has 5 rings (SSSR count). The second-order valence-corrected chi connectivity index (χ2v) is 28.3. The summed E-state index contributed by atoms with van der Waals surface area (Å²) in [4.78, 5) is 164. The molecule has 23 nitrogen and oxygen atoms in total. The maximum absolute atomic E-state index is 15.0. The molecule has 2 aromatic rings. The van der Waals surface area contributed by atoms with Gasteiger partial charge < -0.3 is 60.7 Å². The van der Waals surface area contributed by atoms with Crippen molar-refractivity contribution in [1.82, 2.24) is 56.0 Å². The number of alkyl halides is 6. The Bertz CT molecular complexity index is 3310. The highest BCUT2D eigenvalue weighted by Gasteiger charge is 2.50. The molecule has 0 bridgehead atoms. The fourth-order valence-electron chi connectivity index (χ4n) is 13.5. The van der Waals surface area contributed by atoms with Gasteiger partial charge in [0.2, 0.25) is 65.0 Å². The van der Waals surface area contributed by atoms with Crippen LogP contribution in [0.25, 0.3) is 0 Å². The standard InChI is InChI=1S/C72H105F8N11O12/c1-16-41(7)44(10)64(97)87(14)43(9)33-58(93)88(15)54(32-40(5)6)61(94)84-60(42(8)17-2)63(96)82-45(11)65(98)90-31-28-53(90)68(101)89(18-3)56(36-46-22-25-48(26-23-46)71(75,76)77)67(100)86(13)39-57(92)83-52(27-24-47-34-50(73)59(51(74)35-47)72(78,79)80)66(99)91-38-49(103-19-4)37-55(91)62(95)85-70(69(102)81-12)29-20-21-30-70/h22-23,25-26,34-35,40-45,49,52-56,60H,16-21,24,27-33,36-39H2,1-15H3,(H,81,102)(H,82,96)(H,83,92)(H,84,94)(H,85,95)/t41-,42-,43+,44?,45-,49+,52-,53-,54-,55-,56-,60-/m0/s1. The van der Waals surface area contributed by atoms with Gasteiger partial charge in [-0.3, -0.25) is 52.7 Å². The van der Waals surface area contributed by atoms with Crippen molar-refractivity contribution >= 4 is 65.0 Å². The van der Waals surface area contributed by atoms with Crippen molar-refractivity contribution in [3.05, 3.63) is 70.3 Å². The van der Waals surface area contributed by atoms with Crippen LogP contribution in [0.3, 0.4) is 0 Å². The molecule has 103 heavy (non-hydrogen) atoms. The number of hydrogen-bond acceptors (Lipinski definition) is 12. The van der Waals surface area contributed by atoms with Gasteiger partial charge in [-0.25, -0.2) is 8.78 Å². The Hall–Kier alpha value is -7.99. The smallest absolute Gasteiger partial charge is 0.377 e. The van der Waals surface area contributed by atoms with Crippen molar-refractivity contribution in [2.24, 2.45) is 23.7 Å². The van der Waals surface area contributed by atoms with Crippen molar-refractivity contribution in [2.75, 3.05) is 61.0 Å². The molecule has 31 heteroatoms. The zero-order valence-electron chi connectivity index (χ0n) is 61.8. The monoisotopic (exact) mass is 1470 g/mol. The summed E-state index contributed by atoms with van der Waals surface area (Å²) < 4.78 is 118. The summed E-state index contributed by atoms with van der Waals surface area (Å²) in [5, 5.41) is 13.4. The lowest BCUT2D eigenvalue weighted by Gasteiger charge is -2.45. The van der Waals surface area contributed by atoms with Crippen molar-refractivity contribution in [1.29, 1.82) is 0 Å². The van der Waals surface area contributed by atoms with E-state index in [2.05, 4.69) is 26.6 Å². The minimum Gasteiger partial charge on any atom is -0.377 e. The van der Waals surface area contributed by atoms with E-state index in [1.807, 2.05) is 34.6 Å². The van der Waals surface area contributed by atoms with Gasteiger partial charge >= 0.3 is 12.4 Å². The summed E-state index contributed by atoms with van der Waals surface area (Å²) >= 11 is 0. The normalized spacial score (nSPS) is 19.2. The van der Waals surface area contributed by atoms with E-state index in [9.17, 15) is 83.1 Å². The minimum absolute atomic E-state index is 0.0125. The average Bonchev–Trinajstić information content (AvgIpc) is 1.64. The molecule has 2 saturated heterocycles. The Morgan fingerprint density at radius 3 is 1.82 bits per heavy atom. The van der Waals surface area contributed by atoms with Gasteiger partial charge in [-0.2, -0.15) is 26.3 Å². The zero-order valence-corrected chi connectivity index (χ0v) is 61.8. The lowest BCUT2D eigenvalue weighted by atomic mass is 9.92. The SMILES string of the molecule is CCO[C@@H]1C[C@@H](C(=O)NC2(C(=O)NC)CCCC2)N(C(=O)[C@H](CCc2cc(F)c(C(F)(F)F)c(F)c2)NC(=O)CN(C)C(=O)[C@H](Cc2ccc(C(F)(F)F)cc2)N(CC)C(=O)[C@@H]2CCN2C(=O)[C@H](C)NC(=O)[C@@H](NC(=O)[C@H](CC(C)C)N(C)C(=O)C[C@@H](C)N(C)C(=O)C(C)[C@@H](C)CC)[C@@H](C)CC)C1. The van der Waals surface area contributed by atoms with E-state index in [4.69, 9.17) is 4.74 Å². The Morgan fingerprint density at radius 2 is 1.30 bits per heavy atom. The number of amides is 11. The topological polar surface area (TPSA) is 277 Å². The van der Waals surface area contributed by atoms with Gasteiger partial charge in [0.1, 0.15) is 65.0 Å². The lowest BCUT2D eigenvalue weighted by Crippen LogP contribution is -2.65. The van der Waals surface area contributed by atoms with E-state index in [0.717, 1.165) is 52.4 Å². The second-order valence-electron chi connectivity index (χ2n) is 28.3. The van der Waals surface area contributed by atoms with Crippen LogP contribution in [-0.2, 0) is 82.7 Å². The molecule has 0 spiro atoms. The number of aryl methyl sites for hydroxylation is 1. The summed E-state index contributed by atoms with van der Waals surface area (Å²) in [7, 11) is 5.66. The van der Waals surface area contributed by atoms with Gasteiger partial charge in [-0.1, -0.05) is 86.3 Å². The van der Waals surface area contributed by atoms with Crippen LogP contribution in [0.15, 0.2) is 36.4 Å². The van der Waals surface area contributed by atoms with Gasteiger partial charge in [-0.15, -0.1) is 0 Å². The number of nitrogens with one attached hydrogen (secondary N) is 5. The molecule has 0 aromatic heterocycles. The van der Waals surface area contributed by atoms with Gasteiger partial charge in [0.15, 0.2) is 0 Å². The van der Waals surface area contributed by atoms with Gasteiger partial charge in [-0.05, 0) is 119 Å². The van der Waals surface area contributed by atoms with Crippen LogP contribution in [0.4, 0.5) is 35.1 Å². The summed E-state index contributed by atoms with van der Waals surface area (Å²) in [5.41, 5.74) is -4.78. The highest BCUT2D eigenvalue weighted by molar-refractivity contribution is 5.99. The van der Waals surface area contributed by atoms with Crippen LogP contribution in [-0.4, -0.2) is 215 Å². The van der Waals surface area contributed by atoms with Crippen molar-refractivity contribution < 1.29 is 92.6 Å². The number of ether oxygens (including phenoxy) is 1. The predicted molar refractivity (Wildman–Crippen MR) is 365 cm³/mol. The molecule has 2 aromatic carbocycles. The van der Waals surface area contributed by atoms with E-state index in [0.29, 0.717) is 31.4 Å². The van der Waals surface area contributed by atoms with Crippen LogP contribution in [0, 0.1) is 35.3 Å². The van der Waals surface area contributed by atoms with Crippen molar-refractivity contribution in [3.63, 3.8) is 0 Å². The maximum atomic E-state index is 15.0. The molecule has 2 heterocycles. The third-order valence-electron chi connectivity index (χ3n) is 20.6. The van der Waals surface area contributed by atoms with E-state index < -0.39 is 186 Å². The van der Waals surface area contributed by atoms with Crippen LogP contribution >= 0.6 is 0 Å². The number of likely N-dealkylation sites (N-methyl/N-ethyl adjacent to an activating group) is 4. The first-order valence-corrected chi connectivity index (χ1v) is 35.6. The molecule has 11 amide bonds. The molecule has 0 radical (unpaired) electrons. The molecular weight excluding hydrogens is 1360 g/mol. The van der Waals surface area contributed by atoms with Crippen LogP contribution in [0.5, 0.6) is 0 Å². The van der Waals surface area contributed by atoms with Crippen molar-refractivity contribution in [3.8, 4) is 0 Å². The fraction of sp³-hybridized carbons (Fsp3) is 0.681. The van der Waals surface area contributed by atoms with Crippen LogP contribution in [0.1, 0.15) is 169 Å². The Balaban J connectivity index is 1.40. The van der Waals surface area contributed by atoms with Gasteiger partial charge in [0.25, 0.3) is 0 Å². The van der Waals surface area contributed by atoms with Crippen molar-refractivity contribution in [2.45, 2.75) is 232 Å². The number of hydrogen-bond donors (Lipinski definition) is 5. The number of halogens is 8. The Morgan fingerprint density at radius 1 is 0.699 bits per heavy atom. The van der Waals surface area contributed by atoms with E-state index in [1.165, 1.54) is 42.6 Å². The molecular formula is C72H105F8N11O12. The molecule has 576 valence electrons. The number of benzene rings is 2.